The van der Waals surface area contributed by atoms with E-state index < -0.39 is 0 Å². The lowest BCUT2D eigenvalue weighted by atomic mass is 10.1. The van der Waals surface area contributed by atoms with Crippen LogP contribution in [0.4, 0.5) is 10.1 Å². The van der Waals surface area contributed by atoms with E-state index in [0.29, 0.717) is 5.92 Å². The van der Waals surface area contributed by atoms with Crippen LogP contribution in [-0.4, -0.2) is 63.3 Å². The molecule has 0 saturated carbocycles. The standard InChI is InChI=1S/C22H29FN4O2.HI/c23-19-3-5-20(6-4-19)26-10-12-27(13-11-26)22(25-16-18-8-15-28-17-18)24-9-7-21-2-1-14-29-21;/h1-6,14,18H,7-13,15-17H2,(H,24,25);1H. The molecule has 0 spiro atoms. The molecule has 0 radical (unpaired) electrons. The van der Waals surface area contributed by atoms with Gasteiger partial charge in [-0.3, -0.25) is 4.99 Å². The van der Waals surface area contributed by atoms with Gasteiger partial charge in [0.15, 0.2) is 5.96 Å². The van der Waals surface area contributed by atoms with Gasteiger partial charge in [-0.25, -0.2) is 4.39 Å². The van der Waals surface area contributed by atoms with Crippen LogP contribution in [0.3, 0.4) is 0 Å². The van der Waals surface area contributed by atoms with Crippen molar-refractivity contribution in [2.75, 3.05) is 57.4 Å². The van der Waals surface area contributed by atoms with Crippen LogP contribution in [0.1, 0.15) is 12.2 Å². The fourth-order valence-corrected chi connectivity index (χ4v) is 3.79. The van der Waals surface area contributed by atoms with Crippen molar-refractivity contribution in [1.29, 1.82) is 0 Å². The van der Waals surface area contributed by atoms with Gasteiger partial charge in [-0.15, -0.1) is 24.0 Å². The Bertz CT molecular complexity index is 771. The Hall–Kier alpha value is -1.81. The molecule has 8 heteroatoms. The van der Waals surface area contributed by atoms with Crippen LogP contribution in [0.15, 0.2) is 52.1 Å². The highest BCUT2D eigenvalue weighted by Gasteiger charge is 2.21. The lowest BCUT2D eigenvalue weighted by Gasteiger charge is -2.38. The molecule has 3 heterocycles. The molecule has 30 heavy (non-hydrogen) atoms. The minimum Gasteiger partial charge on any atom is -0.469 e. The molecule has 1 atom stereocenters. The number of aliphatic imine (C=N–C) groups is 1. The van der Waals surface area contributed by atoms with Gasteiger partial charge >= 0.3 is 0 Å². The molecule has 1 aromatic heterocycles. The first-order valence-corrected chi connectivity index (χ1v) is 10.4. The maximum absolute atomic E-state index is 13.2. The number of halogens is 2. The number of anilines is 1. The maximum Gasteiger partial charge on any atom is 0.194 e. The molecule has 2 aliphatic rings. The summed E-state index contributed by atoms with van der Waals surface area (Å²) in [4.78, 5) is 9.52. The number of guanidine groups is 1. The van der Waals surface area contributed by atoms with E-state index in [1.54, 1.807) is 6.26 Å². The fourth-order valence-electron chi connectivity index (χ4n) is 3.79. The number of rotatable bonds is 6. The number of hydrogen-bond acceptors (Lipinski definition) is 4. The Morgan fingerprint density at radius 3 is 2.60 bits per heavy atom. The van der Waals surface area contributed by atoms with E-state index in [1.165, 1.54) is 12.1 Å². The van der Waals surface area contributed by atoms with E-state index in [9.17, 15) is 4.39 Å². The third kappa shape index (κ3) is 6.34. The molecule has 6 nitrogen and oxygen atoms in total. The lowest BCUT2D eigenvalue weighted by Crippen LogP contribution is -2.53. The number of piperazine rings is 1. The molecule has 0 aliphatic carbocycles. The van der Waals surface area contributed by atoms with E-state index >= 15 is 0 Å². The van der Waals surface area contributed by atoms with Crippen molar-refractivity contribution < 1.29 is 13.5 Å². The molecule has 1 aromatic carbocycles. The smallest absolute Gasteiger partial charge is 0.194 e. The quantitative estimate of drug-likeness (QED) is 0.354. The normalized spacial score (nSPS) is 19.6. The first kappa shape index (κ1) is 22.9. The summed E-state index contributed by atoms with van der Waals surface area (Å²) in [5.74, 6) is 2.25. The fraction of sp³-hybridized carbons (Fsp3) is 0.500. The van der Waals surface area contributed by atoms with Crippen LogP contribution in [0.2, 0.25) is 0 Å². The number of benzene rings is 1. The number of ether oxygens (including phenoxy) is 1. The minimum absolute atomic E-state index is 0. The second kappa shape index (κ2) is 11.5. The van der Waals surface area contributed by atoms with Gasteiger partial charge in [0.2, 0.25) is 0 Å². The molecule has 1 N–H and O–H groups in total. The molecule has 2 saturated heterocycles. The summed E-state index contributed by atoms with van der Waals surface area (Å²) in [5, 5.41) is 3.52. The Morgan fingerprint density at radius 2 is 1.93 bits per heavy atom. The van der Waals surface area contributed by atoms with Gasteiger partial charge in [0.25, 0.3) is 0 Å². The van der Waals surface area contributed by atoms with Crippen molar-refractivity contribution in [1.82, 2.24) is 10.2 Å². The highest BCUT2D eigenvalue weighted by molar-refractivity contribution is 14.0. The predicted octanol–water partition coefficient (Wildman–Crippen LogP) is 3.38. The second-order valence-corrected chi connectivity index (χ2v) is 7.60. The van der Waals surface area contributed by atoms with E-state index in [1.807, 2.05) is 24.3 Å². The first-order valence-electron chi connectivity index (χ1n) is 10.4. The summed E-state index contributed by atoms with van der Waals surface area (Å²) in [5.41, 5.74) is 1.07. The molecule has 2 aliphatic heterocycles. The Kier molecular flexibility index (Phi) is 8.80. The zero-order chi connectivity index (χ0) is 19.9. The number of furan rings is 1. The van der Waals surface area contributed by atoms with Crippen LogP contribution in [0.25, 0.3) is 0 Å². The third-order valence-electron chi connectivity index (χ3n) is 5.53. The molecule has 164 valence electrons. The molecule has 2 aromatic rings. The number of nitrogens with zero attached hydrogens (tertiary/aromatic N) is 3. The SMILES string of the molecule is Fc1ccc(N2CCN(C(=NCC3CCOC3)NCCc3ccco3)CC2)cc1.I. The zero-order valence-corrected chi connectivity index (χ0v) is 19.5. The Labute approximate surface area is 194 Å². The van der Waals surface area contributed by atoms with Crippen molar-refractivity contribution >= 4 is 35.6 Å². The van der Waals surface area contributed by atoms with Crippen LogP contribution in [0.5, 0.6) is 0 Å². The maximum atomic E-state index is 13.2. The van der Waals surface area contributed by atoms with Crippen molar-refractivity contribution in [3.8, 4) is 0 Å². The van der Waals surface area contributed by atoms with Gasteiger partial charge in [0.1, 0.15) is 11.6 Å². The highest BCUT2D eigenvalue weighted by Crippen LogP contribution is 2.17. The van der Waals surface area contributed by atoms with Crippen LogP contribution >= 0.6 is 24.0 Å². The van der Waals surface area contributed by atoms with Gasteiger partial charge in [-0.05, 0) is 42.8 Å². The van der Waals surface area contributed by atoms with Gasteiger partial charge < -0.3 is 24.3 Å². The second-order valence-electron chi connectivity index (χ2n) is 7.60. The van der Waals surface area contributed by atoms with Gasteiger partial charge in [0.05, 0.1) is 12.9 Å². The lowest BCUT2D eigenvalue weighted by molar-refractivity contribution is 0.187. The summed E-state index contributed by atoms with van der Waals surface area (Å²) < 4.78 is 24.1. The number of hydrogen-bond donors (Lipinski definition) is 1. The molecule has 1 unspecified atom stereocenters. The van der Waals surface area contributed by atoms with Gasteiger partial charge in [-0.1, -0.05) is 0 Å². The topological polar surface area (TPSA) is 53.2 Å². The zero-order valence-electron chi connectivity index (χ0n) is 17.1. The molecule has 4 rings (SSSR count). The van der Waals surface area contributed by atoms with Crippen molar-refractivity contribution in [2.45, 2.75) is 12.8 Å². The predicted molar refractivity (Wildman–Crippen MR) is 127 cm³/mol. The molecule has 0 amide bonds. The largest absolute Gasteiger partial charge is 0.469 e. The van der Waals surface area contributed by atoms with Gasteiger partial charge in [-0.2, -0.15) is 0 Å². The number of nitrogens with one attached hydrogen (secondary N) is 1. The van der Waals surface area contributed by atoms with E-state index in [4.69, 9.17) is 14.1 Å². The van der Waals surface area contributed by atoms with Crippen molar-refractivity contribution in [3.63, 3.8) is 0 Å². The van der Waals surface area contributed by atoms with Crippen LogP contribution < -0.4 is 10.2 Å². The summed E-state index contributed by atoms with van der Waals surface area (Å²) in [7, 11) is 0. The van der Waals surface area contributed by atoms with Crippen LogP contribution in [-0.2, 0) is 11.2 Å². The molecular formula is C22H30FIN4O2. The van der Waals surface area contributed by atoms with Gasteiger partial charge in [0, 0.05) is 63.9 Å². The minimum atomic E-state index is -0.196. The van der Waals surface area contributed by atoms with Crippen molar-refractivity contribution in [2.24, 2.45) is 10.9 Å². The molecule has 2 fully saturated rings. The monoisotopic (exact) mass is 528 g/mol. The van der Waals surface area contributed by atoms with Crippen molar-refractivity contribution in [3.05, 3.63) is 54.2 Å². The summed E-state index contributed by atoms with van der Waals surface area (Å²) >= 11 is 0. The first-order chi connectivity index (χ1) is 14.3. The molecule has 0 bridgehead atoms. The summed E-state index contributed by atoms with van der Waals surface area (Å²) in [6, 6.07) is 10.7. The Morgan fingerprint density at radius 1 is 1.13 bits per heavy atom. The highest BCUT2D eigenvalue weighted by atomic mass is 127. The van der Waals surface area contributed by atoms with Crippen LogP contribution in [0, 0.1) is 11.7 Å². The molecular weight excluding hydrogens is 498 g/mol. The van der Waals surface area contributed by atoms with E-state index in [2.05, 4.69) is 15.1 Å². The third-order valence-corrected chi connectivity index (χ3v) is 5.53. The summed E-state index contributed by atoms with van der Waals surface area (Å²) in [6.45, 7) is 6.76. The average molecular weight is 528 g/mol. The van der Waals surface area contributed by atoms with E-state index in [0.717, 1.165) is 82.7 Å². The average Bonchev–Trinajstić information content (AvgIpc) is 3.46. The Balaban J connectivity index is 0.00000256. The van der Waals surface area contributed by atoms with E-state index in [-0.39, 0.29) is 29.8 Å². The summed E-state index contributed by atoms with van der Waals surface area (Å²) in [6.07, 6.45) is 3.62.